The molecule has 0 atom stereocenters. The monoisotopic (exact) mass is 471 g/mol. The van der Waals surface area contributed by atoms with E-state index in [9.17, 15) is 14.9 Å². The van der Waals surface area contributed by atoms with Crippen LogP contribution in [0.3, 0.4) is 0 Å². The summed E-state index contributed by atoms with van der Waals surface area (Å²) in [7, 11) is 3.98. The van der Waals surface area contributed by atoms with Gasteiger partial charge in [0.25, 0.3) is 5.69 Å². The number of pyridine rings is 1. The zero-order valence-corrected chi connectivity index (χ0v) is 19.2. The van der Waals surface area contributed by atoms with E-state index in [1.54, 1.807) is 18.3 Å². The van der Waals surface area contributed by atoms with E-state index in [1.165, 1.54) is 11.0 Å². The molecule has 0 aliphatic carbocycles. The molecule has 0 unspecified atom stereocenters. The van der Waals surface area contributed by atoms with Crippen molar-refractivity contribution in [3.8, 4) is 0 Å². The first-order valence-corrected chi connectivity index (χ1v) is 10.9. The molecule has 170 valence electrons. The number of anilines is 1. The van der Waals surface area contributed by atoms with E-state index in [4.69, 9.17) is 27.9 Å². The number of nitrogens with zero attached hydrogens (tertiary/aromatic N) is 4. The fraction of sp³-hybridized carbons (Fsp3) is 0.500. The molecule has 1 aromatic heterocycles. The van der Waals surface area contributed by atoms with Crippen LogP contribution < -0.4 is 5.32 Å². The third kappa shape index (κ3) is 7.09. The molecule has 0 spiro atoms. The Bertz CT molecular complexity index is 891. The fourth-order valence-corrected chi connectivity index (χ4v) is 3.48. The summed E-state index contributed by atoms with van der Waals surface area (Å²) in [5.41, 5.74) is 1.55. The van der Waals surface area contributed by atoms with Gasteiger partial charge in [-0.15, -0.1) is 23.2 Å². The lowest BCUT2D eigenvalue weighted by atomic mass is 10.1. The molecular weight excluding hydrogens is 445 g/mol. The van der Waals surface area contributed by atoms with Gasteiger partial charge in [-0.05, 0) is 39.2 Å². The number of rotatable bonds is 12. The highest BCUT2D eigenvalue weighted by atomic mass is 35.5. The minimum Gasteiger partial charge on any atom is -0.444 e. The third-order valence-corrected chi connectivity index (χ3v) is 4.90. The average molecular weight is 472 g/mol. The number of fused-ring (bicyclic) bond motifs is 1. The van der Waals surface area contributed by atoms with E-state index < -0.39 is 11.0 Å². The molecule has 0 aliphatic heterocycles. The second-order valence-electron chi connectivity index (χ2n) is 7.09. The van der Waals surface area contributed by atoms with Gasteiger partial charge in [-0.2, -0.15) is 0 Å². The number of carbonyl (C=O) groups excluding carboxylic acids is 1. The number of nitro groups is 1. The predicted molar refractivity (Wildman–Crippen MR) is 123 cm³/mol. The maximum Gasteiger partial charge on any atom is 0.410 e. The second kappa shape index (κ2) is 12.5. The van der Waals surface area contributed by atoms with Gasteiger partial charge in [0.15, 0.2) is 0 Å². The van der Waals surface area contributed by atoms with Gasteiger partial charge in [0.05, 0.1) is 16.1 Å². The van der Waals surface area contributed by atoms with Gasteiger partial charge in [-0.1, -0.05) is 0 Å². The predicted octanol–water partition coefficient (Wildman–Crippen LogP) is 3.92. The molecule has 31 heavy (non-hydrogen) atoms. The molecule has 0 saturated carbocycles. The third-order valence-electron chi connectivity index (χ3n) is 4.57. The van der Waals surface area contributed by atoms with E-state index in [1.807, 2.05) is 14.1 Å². The van der Waals surface area contributed by atoms with Crippen LogP contribution >= 0.6 is 23.2 Å². The van der Waals surface area contributed by atoms with Crippen LogP contribution in [0.25, 0.3) is 10.9 Å². The molecule has 1 N–H and O–H groups in total. The van der Waals surface area contributed by atoms with Crippen LogP contribution in [0.2, 0.25) is 0 Å². The molecule has 11 heteroatoms. The Balaban J connectivity index is 2.28. The Morgan fingerprint density at radius 1 is 1.19 bits per heavy atom. The minimum absolute atomic E-state index is 0.0563. The number of nitrogens with one attached hydrogen (secondary N) is 1. The molecule has 0 fully saturated rings. The Morgan fingerprint density at radius 3 is 2.52 bits per heavy atom. The van der Waals surface area contributed by atoms with Gasteiger partial charge in [0.2, 0.25) is 0 Å². The number of halogens is 2. The molecule has 0 saturated heterocycles. The van der Waals surface area contributed by atoms with Gasteiger partial charge >= 0.3 is 6.09 Å². The molecule has 0 aliphatic rings. The Labute approximate surface area is 191 Å². The number of carbonyl (C=O) groups is 1. The average Bonchev–Trinajstić information content (AvgIpc) is 2.74. The molecule has 2 aromatic rings. The fourth-order valence-electron chi connectivity index (χ4n) is 3.07. The number of amides is 1. The van der Waals surface area contributed by atoms with Crippen molar-refractivity contribution in [2.45, 2.75) is 13.0 Å². The lowest BCUT2D eigenvalue weighted by molar-refractivity contribution is -0.383. The molecule has 1 amide bonds. The Kier molecular flexibility index (Phi) is 10.0. The van der Waals surface area contributed by atoms with Gasteiger partial charge in [0.1, 0.15) is 12.0 Å². The van der Waals surface area contributed by atoms with E-state index in [0.717, 1.165) is 13.0 Å². The van der Waals surface area contributed by atoms with Gasteiger partial charge in [0, 0.05) is 49.2 Å². The maximum atomic E-state index is 12.3. The number of ether oxygens (including phenoxy) is 1. The number of aromatic nitrogens is 1. The van der Waals surface area contributed by atoms with Gasteiger partial charge in [-0.25, -0.2) is 4.79 Å². The highest BCUT2D eigenvalue weighted by Crippen LogP contribution is 2.33. The quantitative estimate of drug-likeness (QED) is 0.216. The van der Waals surface area contributed by atoms with Crippen molar-refractivity contribution in [1.29, 1.82) is 0 Å². The van der Waals surface area contributed by atoms with Crippen molar-refractivity contribution in [2.24, 2.45) is 0 Å². The minimum atomic E-state index is -0.550. The van der Waals surface area contributed by atoms with Crippen LogP contribution in [0.1, 0.15) is 12.0 Å². The summed E-state index contributed by atoms with van der Waals surface area (Å²) in [5.74, 6) is 0.522. The van der Waals surface area contributed by atoms with Gasteiger partial charge in [-0.3, -0.25) is 15.1 Å². The summed E-state index contributed by atoms with van der Waals surface area (Å²) in [6.45, 7) is 2.09. The number of benzene rings is 1. The second-order valence-corrected chi connectivity index (χ2v) is 7.84. The Morgan fingerprint density at radius 2 is 1.90 bits per heavy atom. The summed E-state index contributed by atoms with van der Waals surface area (Å²) >= 11 is 11.5. The van der Waals surface area contributed by atoms with E-state index in [0.29, 0.717) is 41.8 Å². The van der Waals surface area contributed by atoms with Crippen LogP contribution in [0.4, 0.5) is 16.2 Å². The molecular formula is C20H27Cl2N5O4. The topological polar surface area (TPSA) is 101 Å². The maximum absolute atomic E-state index is 12.3. The first-order valence-electron chi connectivity index (χ1n) is 9.86. The largest absolute Gasteiger partial charge is 0.444 e. The molecule has 1 aromatic carbocycles. The SMILES string of the molecule is CN(C)CCCNc1ccnc2c(COC(=O)N(CCCl)CCCl)ccc([N+](=O)[O-])c12. The number of nitro benzene ring substituents is 1. The normalized spacial score (nSPS) is 11.0. The van der Waals surface area contributed by atoms with Crippen LogP contribution in [0.15, 0.2) is 24.4 Å². The first-order chi connectivity index (χ1) is 14.9. The number of alkyl halides is 2. The standard InChI is InChI=1S/C20H27Cl2N5O4/c1-25(2)11-3-9-23-16-6-10-24-19-15(4-5-17(18(16)19)27(29)30)14-31-20(28)26(12-7-21)13-8-22/h4-6,10H,3,7-9,11-14H2,1-2H3,(H,23,24). The Hall–Kier alpha value is -2.36. The summed E-state index contributed by atoms with van der Waals surface area (Å²) < 4.78 is 5.40. The van der Waals surface area contributed by atoms with Crippen molar-refractivity contribution in [2.75, 3.05) is 57.4 Å². The summed E-state index contributed by atoms with van der Waals surface area (Å²) in [4.78, 5) is 31.4. The lowest BCUT2D eigenvalue weighted by Crippen LogP contribution is -2.34. The molecule has 1 heterocycles. The highest BCUT2D eigenvalue weighted by molar-refractivity contribution is 6.18. The number of non-ortho nitro benzene ring substituents is 1. The van der Waals surface area contributed by atoms with Crippen molar-refractivity contribution in [3.05, 3.63) is 40.1 Å². The van der Waals surface area contributed by atoms with Crippen LogP contribution in [0, 0.1) is 10.1 Å². The molecule has 0 radical (unpaired) electrons. The van der Waals surface area contributed by atoms with Crippen LogP contribution in [-0.4, -0.2) is 77.8 Å². The van der Waals surface area contributed by atoms with E-state index >= 15 is 0 Å². The zero-order valence-electron chi connectivity index (χ0n) is 17.6. The van der Waals surface area contributed by atoms with E-state index in [2.05, 4.69) is 15.2 Å². The number of hydrogen-bond donors (Lipinski definition) is 1. The summed E-state index contributed by atoms with van der Waals surface area (Å²) in [5, 5.41) is 15.3. The molecule has 9 nitrogen and oxygen atoms in total. The van der Waals surface area contributed by atoms with Crippen molar-refractivity contribution >= 4 is 51.6 Å². The zero-order chi connectivity index (χ0) is 22.8. The van der Waals surface area contributed by atoms with Crippen molar-refractivity contribution < 1.29 is 14.5 Å². The summed E-state index contributed by atoms with van der Waals surface area (Å²) in [6.07, 6.45) is 1.91. The smallest absolute Gasteiger partial charge is 0.410 e. The number of hydrogen-bond acceptors (Lipinski definition) is 7. The van der Waals surface area contributed by atoms with Crippen LogP contribution in [-0.2, 0) is 11.3 Å². The van der Waals surface area contributed by atoms with Crippen LogP contribution in [0.5, 0.6) is 0 Å². The molecule has 2 rings (SSSR count). The lowest BCUT2D eigenvalue weighted by Gasteiger charge is -2.20. The highest BCUT2D eigenvalue weighted by Gasteiger charge is 2.20. The molecule has 0 bridgehead atoms. The first kappa shape index (κ1) is 24.9. The van der Waals surface area contributed by atoms with Crippen molar-refractivity contribution in [3.63, 3.8) is 0 Å². The summed E-state index contributed by atoms with van der Waals surface area (Å²) in [6, 6.07) is 4.68. The van der Waals surface area contributed by atoms with Crippen molar-refractivity contribution in [1.82, 2.24) is 14.8 Å². The van der Waals surface area contributed by atoms with E-state index in [-0.39, 0.29) is 24.1 Å². The van der Waals surface area contributed by atoms with Gasteiger partial charge < -0.3 is 19.9 Å².